The number of likely N-dealkylation sites (tertiary alicyclic amines) is 2. The predicted octanol–water partition coefficient (Wildman–Crippen LogP) is 2.48. The number of primary amides is 1. The number of hydrogen-bond acceptors (Lipinski definition) is 6. The summed E-state index contributed by atoms with van der Waals surface area (Å²) in [4.78, 5) is 81.3. The largest absolute Gasteiger partial charge is 0.363 e. The van der Waals surface area contributed by atoms with Crippen LogP contribution in [-0.4, -0.2) is 89.0 Å². The first-order chi connectivity index (χ1) is 20.7. The Bertz CT molecular complexity index is 1150. The van der Waals surface area contributed by atoms with Gasteiger partial charge < -0.3 is 31.5 Å². The molecule has 3 fully saturated rings. The Morgan fingerprint density at radius 3 is 2.07 bits per heavy atom. The van der Waals surface area contributed by atoms with E-state index >= 15 is 0 Å². The lowest BCUT2D eigenvalue weighted by molar-refractivity contribution is -0.143. The lowest BCUT2D eigenvalue weighted by Crippen LogP contribution is -2.62. The third-order valence-corrected chi connectivity index (χ3v) is 9.69. The summed E-state index contributed by atoms with van der Waals surface area (Å²) in [5.41, 5.74) is 4.16. The van der Waals surface area contributed by atoms with Gasteiger partial charge in [0.25, 0.3) is 5.91 Å². The molecule has 0 bridgehead atoms. The van der Waals surface area contributed by atoms with Gasteiger partial charge in [0, 0.05) is 26.1 Å². The van der Waals surface area contributed by atoms with E-state index in [1.54, 1.807) is 0 Å². The van der Waals surface area contributed by atoms with E-state index in [0.29, 0.717) is 45.3 Å². The van der Waals surface area contributed by atoms with Gasteiger partial charge >= 0.3 is 6.03 Å². The van der Waals surface area contributed by atoms with Gasteiger partial charge in [0.15, 0.2) is 0 Å². The molecule has 3 rings (SSSR count). The summed E-state index contributed by atoms with van der Waals surface area (Å²) in [7, 11) is 0. The van der Waals surface area contributed by atoms with Crippen molar-refractivity contribution in [2.75, 3.05) is 19.6 Å². The molecule has 0 aromatic carbocycles. The molecule has 2 heterocycles. The molecule has 45 heavy (non-hydrogen) atoms. The molecule has 2 saturated heterocycles. The minimum Gasteiger partial charge on any atom is -0.363 e. The molecule has 0 spiro atoms. The molecule has 0 aromatic heterocycles. The Kier molecular flexibility index (Phi) is 11.3. The molecule has 6 amide bonds. The summed E-state index contributed by atoms with van der Waals surface area (Å²) in [5.74, 6) is -2.52. The van der Waals surface area contributed by atoms with Crippen molar-refractivity contribution >= 4 is 35.4 Å². The number of rotatable bonds is 11. The van der Waals surface area contributed by atoms with Crippen LogP contribution in [0, 0.1) is 22.2 Å². The Morgan fingerprint density at radius 2 is 1.56 bits per heavy atom. The number of hydrogen-bond donors (Lipinski definition) is 4. The van der Waals surface area contributed by atoms with E-state index in [0.717, 1.165) is 25.7 Å². The highest BCUT2D eigenvalue weighted by atomic mass is 16.2. The van der Waals surface area contributed by atoms with Crippen LogP contribution >= 0.6 is 0 Å². The van der Waals surface area contributed by atoms with Crippen LogP contribution in [-0.2, 0) is 24.0 Å². The van der Waals surface area contributed by atoms with Crippen LogP contribution in [0.3, 0.4) is 0 Å². The molecule has 1 unspecified atom stereocenters. The fourth-order valence-corrected chi connectivity index (χ4v) is 6.30. The average Bonchev–Trinajstić information content (AvgIpc) is 3.37. The molecule has 3 aliphatic rings. The van der Waals surface area contributed by atoms with Crippen LogP contribution in [0.4, 0.5) is 4.79 Å². The summed E-state index contributed by atoms with van der Waals surface area (Å²) >= 11 is 0. The van der Waals surface area contributed by atoms with Crippen molar-refractivity contribution in [3.05, 3.63) is 0 Å². The second kappa shape index (κ2) is 14.1. The van der Waals surface area contributed by atoms with E-state index in [1.165, 1.54) is 4.90 Å². The molecule has 4 atom stereocenters. The number of ketones is 1. The van der Waals surface area contributed by atoms with Gasteiger partial charge in [-0.15, -0.1) is 0 Å². The SMILES string of the molecule is CC1(C)CCN(C[C@@H](NC(=O)N[C@H](C(=O)N2CCC[C@H]2C(=O)NC(CC2CCC2)C(=O)C(N)=O)C(C)(C)C)C(C)(C)C)C(=O)C1. The molecule has 2 aliphatic heterocycles. The standard InChI is InChI=1S/C33H56N6O6/c1-31(2,3)23(19-38-16-14-33(7,8)18-24(38)40)36-30(45)37-26(32(4,5)6)29(44)39-15-10-13-22(39)28(43)35-21(25(41)27(34)42)17-20-11-9-12-20/h20-23,26H,9-19H2,1-8H3,(H2,34,42)(H,35,43)(H2,36,37,45)/t21?,22-,23+,26+/m0/s1. The first kappa shape index (κ1) is 36.3. The molecule has 5 N–H and O–H groups in total. The van der Waals surface area contributed by atoms with Crippen LogP contribution in [0.1, 0.15) is 107 Å². The molecular formula is C33H56N6O6. The minimum absolute atomic E-state index is 0.0465. The van der Waals surface area contributed by atoms with Gasteiger partial charge in [-0.1, -0.05) is 74.7 Å². The van der Waals surface area contributed by atoms with E-state index in [2.05, 4.69) is 29.8 Å². The topological polar surface area (TPSA) is 171 Å². The maximum absolute atomic E-state index is 14.0. The first-order valence-electron chi connectivity index (χ1n) is 16.5. The molecule has 1 aliphatic carbocycles. The van der Waals surface area contributed by atoms with Crippen LogP contribution in [0.15, 0.2) is 0 Å². The molecule has 12 nitrogen and oxygen atoms in total. The van der Waals surface area contributed by atoms with Crippen molar-refractivity contribution < 1.29 is 28.8 Å². The van der Waals surface area contributed by atoms with Crippen LogP contribution < -0.4 is 21.7 Å². The molecule has 1 saturated carbocycles. The molecule has 0 aromatic rings. The average molecular weight is 633 g/mol. The third kappa shape index (κ3) is 9.66. The summed E-state index contributed by atoms with van der Waals surface area (Å²) < 4.78 is 0. The van der Waals surface area contributed by atoms with Gasteiger partial charge in [-0.2, -0.15) is 0 Å². The van der Waals surface area contributed by atoms with E-state index in [4.69, 9.17) is 5.73 Å². The highest BCUT2D eigenvalue weighted by Gasteiger charge is 2.44. The smallest absolute Gasteiger partial charge is 0.315 e. The van der Waals surface area contributed by atoms with Gasteiger partial charge in [0.1, 0.15) is 12.1 Å². The number of nitrogens with one attached hydrogen (secondary N) is 3. The van der Waals surface area contributed by atoms with Gasteiger partial charge in [-0.05, 0) is 47.8 Å². The summed E-state index contributed by atoms with van der Waals surface area (Å²) in [5, 5.41) is 8.63. The first-order valence-corrected chi connectivity index (χ1v) is 16.5. The summed E-state index contributed by atoms with van der Waals surface area (Å²) in [6.45, 7) is 17.0. The zero-order valence-corrected chi connectivity index (χ0v) is 28.6. The molecule has 12 heteroatoms. The fraction of sp³-hybridized carbons (Fsp3) is 0.818. The van der Waals surface area contributed by atoms with Crippen molar-refractivity contribution in [3.8, 4) is 0 Å². The highest BCUT2D eigenvalue weighted by Crippen LogP contribution is 2.33. The Balaban J connectivity index is 1.71. The number of urea groups is 1. The maximum atomic E-state index is 14.0. The van der Waals surface area contributed by atoms with Crippen LogP contribution in [0.2, 0.25) is 0 Å². The normalized spacial score (nSPS) is 22.6. The fourth-order valence-electron chi connectivity index (χ4n) is 6.30. The van der Waals surface area contributed by atoms with E-state index in [9.17, 15) is 28.8 Å². The highest BCUT2D eigenvalue weighted by molar-refractivity contribution is 6.37. The lowest BCUT2D eigenvalue weighted by atomic mass is 9.80. The minimum atomic E-state index is -1.09. The zero-order valence-electron chi connectivity index (χ0n) is 28.6. The second-order valence-corrected chi connectivity index (χ2v) is 16.3. The summed E-state index contributed by atoms with van der Waals surface area (Å²) in [6.07, 6.45) is 5.55. The molecule has 254 valence electrons. The van der Waals surface area contributed by atoms with E-state index in [1.807, 2.05) is 46.4 Å². The van der Waals surface area contributed by atoms with Crippen molar-refractivity contribution in [3.63, 3.8) is 0 Å². The molecular weight excluding hydrogens is 576 g/mol. The van der Waals surface area contributed by atoms with Crippen molar-refractivity contribution in [1.82, 2.24) is 25.8 Å². The second-order valence-electron chi connectivity index (χ2n) is 16.3. The number of nitrogens with two attached hydrogens (primary N) is 1. The number of Topliss-reactive ketones (excluding diaryl/α,β-unsaturated/α-hetero) is 1. The Hall–Kier alpha value is -3.18. The van der Waals surface area contributed by atoms with Crippen molar-refractivity contribution in [2.45, 2.75) is 131 Å². The van der Waals surface area contributed by atoms with Gasteiger partial charge in [-0.3, -0.25) is 24.0 Å². The maximum Gasteiger partial charge on any atom is 0.315 e. The number of amides is 6. The Morgan fingerprint density at radius 1 is 0.911 bits per heavy atom. The number of carbonyl (C=O) groups excluding carboxylic acids is 6. The number of piperidine rings is 1. The molecule has 0 radical (unpaired) electrons. The zero-order chi connectivity index (χ0) is 33.9. The van der Waals surface area contributed by atoms with Crippen molar-refractivity contribution in [1.29, 1.82) is 0 Å². The lowest BCUT2D eigenvalue weighted by Gasteiger charge is -2.41. The van der Waals surface area contributed by atoms with E-state index < -0.39 is 53.1 Å². The van der Waals surface area contributed by atoms with Crippen LogP contribution in [0.5, 0.6) is 0 Å². The third-order valence-electron chi connectivity index (χ3n) is 9.69. The Labute approximate surface area is 268 Å². The van der Waals surface area contributed by atoms with Crippen molar-refractivity contribution in [2.24, 2.45) is 27.9 Å². The number of carbonyl (C=O) groups is 6. The quantitative estimate of drug-likeness (QED) is 0.255. The summed E-state index contributed by atoms with van der Waals surface area (Å²) in [6, 6.07) is -3.72. The van der Waals surface area contributed by atoms with Crippen LogP contribution in [0.25, 0.3) is 0 Å². The van der Waals surface area contributed by atoms with E-state index in [-0.39, 0.29) is 28.7 Å². The van der Waals surface area contributed by atoms with Gasteiger partial charge in [-0.25, -0.2) is 4.79 Å². The van der Waals surface area contributed by atoms with Gasteiger partial charge in [0.2, 0.25) is 23.5 Å². The van der Waals surface area contributed by atoms with Gasteiger partial charge in [0.05, 0.1) is 12.1 Å². The number of nitrogens with zero attached hydrogens (tertiary/aromatic N) is 2. The predicted molar refractivity (Wildman–Crippen MR) is 171 cm³/mol. The monoisotopic (exact) mass is 632 g/mol.